The number of amides is 1. The molecule has 1 saturated heterocycles. The van der Waals surface area contributed by atoms with Crippen molar-refractivity contribution >= 4 is 11.9 Å². The second kappa shape index (κ2) is 9.25. The summed E-state index contributed by atoms with van der Waals surface area (Å²) < 4.78 is 11.0. The topological polar surface area (TPSA) is 81.9 Å². The highest BCUT2D eigenvalue weighted by molar-refractivity contribution is 5.93. The monoisotopic (exact) mass is 420 g/mol. The first kappa shape index (κ1) is 21.0. The number of piperidine rings is 1. The van der Waals surface area contributed by atoms with Gasteiger partial charge in [0.2, 0.25) is 11.8 Å². The van der Waals surface area contributed by atoms with E-state index in [1.807, 2.05) is 53.4 Å². The Balaban J connectivity index is 1.73. The second-order valence-corrected chi connectivity index (χ2v) is 7.92. The van der Waals surface area contributed by atoms with Gasteiger partial charge in [-0.2, -0.15) is 0 Å². The normalized spacial score (nSPS) is 18.2. The molecule has 31 heavy (non-hydrogen) atoms. The van der Waals surface area contributed by atoms with Crippen LogP contribution in [0.2, 0.25) is 0 Å². The van der Waals surface area contributed by atoms with Gasteiger partial charge in [-0.05, 0) is 49.4 Å². The number of carbonyl (C=O) groups excluding carboxylic acids is 2. The van der Waals surface area contributed by atoms with Crippen molar-refractivity contribution in [3.8, 4) is 16.9 Å². The maximum atomic E-state index is 13.1. The van der Waals surface area contributed by atoms with Crippen LogP contribution in [-0.2, 0) is 14.3 Å². The number of benzene rings is 2. The molecule has 1 fully saturated rings. The standard InChI is InChI=1S/C25H28N2O4/c1-2-30-25(29)23-20(16-22(28)27-13-7-4-8-14-27)19-15-18(17-9-5-3-6-10-17)11-12-21(19)31-24(23)26/h3,5-6,9-12,15,20H,2,4,7-8,13-14,16,26H2,1H3. The molecule has 2 N–H and O–H groups in total. The van der Waals surface area contributed by atoms with Crippen LogP contribution in [0, 0.1) is 0 Å². The fraction of sp³-hybridized carbons (Fsp3) is 0.360. The van der Waals surface area contributed by atoms with E-state index < -0.39 is 11.9 Å². The van der Waals surface area contributed by atoms with Gasteiger partial charge < -0.3 is 20.1 Å². The van der Waals surface area contributed by atoms with Crippen LogP contribution < -0.4 is 10.5 Å². The Labute approximate surface area is 182 Å². The molecule has 6 nitrogen and oxygen atoms in total. The first-order chi connectivity index (χ1) is 15.1. The minimum atomic E-state index is -0.535. The molecule has 0 spiro atoms. The Bertz CT molecular complexity index is 994. The second-order valence-electron chi connectivity index (χ2n) is 7.92. The van der Waals surface area contributed by atoms with E-state index in [0.717, 1.165) is 49.0 Å². The van der Waals surface area contributed by atoms with E-state index in [9.17, 15) is 9.59 Å². The maximum Gasteiger partial charge on any atom is 0.340 e. The molecule has 0 radical (unpaired) electrons. The van der Waals surface area contributed by atoms with Gasteiger partial charge in [-0.15, -0.1) is 0 Å². The number of nitrogens with two attached hydrogens (primary N) is 1. The van der Waals surface area contributed by atoms with Crippen LogP contribution in [0.15, 0.2) is 60.0 Å². The number of rotatable bonds is 5. The molecule has 2 heterocycles. The van der Waals surface area contributed by atoms with E-state index in [2.05, 4.69) is 0 Å². The molecule has 0 aromatic heterocycles. The van der Waals surface area contributed by atoms with Crippen LogP contribution in [0.5, 0.6) is 5.75 Å². The number of ether oxygens (including phenoxy) is 2. The maximum absolute atomic E-state index is 13.1. The summed E-state index contributed by atoms with van der Waals surface area (Å²) in [4.78, 5) is 27.8. The molecule has 0 aliphatic carbocycles. The predicted molar refractivity (Wildman–Crippen MR) is 118 cm³/mol. The van der Waals surface area contributed by atoms with Gasteiger partial charge in [-0.1, -0.05) is 36.4 Å². The molecule has 4 rings (SSSR count). The summed E-state index contributed by atoms with van der Waals surface area (Å²) in [5.74, 6) is -0.443. The molecular weight excluding hydrogens is 392 g/mol. The van der Waals surface area contributed by atoms with Crippen molar-refractivity contribution in [1.82, 2.24) is 4.90 Å². The van der Waals surface area contributed by atoms with Crippen molar-refractivity contribution in [2.45, 2.75) is 38.5 Å². The lowest BCUT2D eigenvalue weighted by Gasteiger charge is -2.31. The van der Waals surface area contributed by atoms with Crippen LogP contribution >= 0.6 is 0 Å². The van der Waals surface area contributed by atoms with Gasteiger partial charge in [0.1, 0.15) is 11.3 Å². The highest BCUT2D eigenvalue weighted by Crippen LogP contribution is 2.42. The Morgan fingerprint density at radius 2 is 1.81 bits per heavy atom. The zero-order chi connectivity index (χ0) is 21.8. The number of fused-ring (bicyclic) bond motifs is 1. The van der Waals surface area contributed by atoms with Crippen LogP contribution in [0.1, 0.15) is 44.1 Å². The van der Waals surface area contributed by atoms with Gasteiger partial charge in [0, 0.05) is 31.0 Å². The Hall–Kier alpha value is -3.28. The van der Waals surface area contributed by atoms with Gasteiger partial charge in [0.15, 0.2) is 0 Å². The first-order valence-electron chi connectivity index (χ1n) is 10.9. The SMILES string of the molecule is CCOC(=O)C1=C(N)Oc2ccc(-c3ccccc3)cc2C1CC(=O)N1CCCCC1. The van der Waals surface area contributed by atoms with Gasteiger partial charge in [0.25, 0.3) is 0 Å². The molecule has 2 aliphatic rings. The summed E-state index contributed by atoms with van der Waals surface area (Å²) >= 11 is 0. The zero-order valence-corrected chi connectivity index (χ0v) is 17.8. The van der Waals surface area contributed by atoms with E-state index in [-0.39, 0.29) is 30.4 Å². The van der Waals surface area contributed by atoms with Gasteiger partial charge in [-0.25, -0.2) is 4.79 Å². The molecule has 162 valence electrons. The predicted octanol–water partition coefficient (Wildman–Crippen LogP) is 3.97. The van der Waals surface area contributed by atoms with E-state index in [4.69, 9.17) is 15.2 Å². The molecule has 2 aliphatic heterocycles. The molecule has 1 amide bonds. The molecule has 1 unspecified atom stereocenters. The van der Waals surface area contributed by atoms with Crippen LogP contribution in [-0.4, -0.2) is 36.5 Å². The number of esters is 1. The number of carbonyl (C=O) groups is 2. The molecule has 0 bridgehead atoms. The zero-order valence-electron chi connectivity index (χ0n) is 17.8. The Morgan fingerprint density at radius 1 is 1.06 bits per heavy atom. The van der Waals surface area contributed by atoms with Crippen molar-refractivity contribution in [3.63, 3.8) is 0 Å². The quantitative estimate of drug-likeness (QED) is 0.741. The van der Waals surface area contributed by atoms with E-state index in [0.29, 0.717) is 5.75 Å². The van der Waals surface area contributed by atoms with Crippen molar-refractivity contribution in [3.05, 3.63) is 65.6 Å². The number of hydrogen-bond acceptors (Lipinski definition) is 5. The minimum absolute atomic E-state index is 0.00913. The summed E-state index contributed by atoms with van der Waals surface area (Å²) in [7, 11) is 0. The molecule has 1 atom stereocenters. The van der Waals surface area contributed by atoms with Crippen molar-refractivity contribution in [1.29, 1.82) is 0 Å². The number of nitrogens with zero attached hydrogens (tertiary/aromatic N) is 1. The molecular formula is C25H28N2O4. The van der Waals surface area contributed by atoms with Gasteiger partial charge in [-0.3, -0.25) is 4.79 Å². The van der Waals surface area contributed by atoms with Crippen molar-refractivity contribution < 1.29 is 19.1 Å². The third-order valence-electron chi connectivity index (χ3n) is 5.91. The average molecular weight is 421 g/mol. The molecule has 6 heteroatoms. The summed E-state index contributed by atoms with van der Waals surface area (Å²) in [5, 5.41) is 0. The summed E-state index contributed by atoms with van der Waals surface area (Å²) in [5.41, 5.74) is 9.19. The summed E-state index contributed by atoms with van der Waals surface area (Å²) in [6, 6.07) is 15.8. The third-order valence-corrected chi connectivity index (χ3v) is 5.91. The highest BCUT2D eigenvalue weighted by atomic mass is 16.5. The Morgan fingerprint density at radius 3 is 2.52 bits per heavy atom. The van der Waals surface area contributed by atoms with Crippen molar-refractivity contribution in [2.24, 2.45) is 5.73 Å². The number of hydrogen-bond donors (Lipinski definition) is 1. The van der Waals surface area contributed by atoms with Crippen LogP contribution in [0.3, 0.4) is 0 Å². The molecule has 0 saturated carbocycles. The minimum Gasteiger partial charge on any atom is -0.462 e. The Kier molecular flexibility index (Phi) is 6.26. The van der Waals surface area contributed by atoms with Crippen LogP contribution in [0.4, 0.5) is 0 Å². The smallest absolute Gasteiger partial charge is 0.340 e. The van der Waals surface area contributed by atoms with Gasteiger partial charge >= 0.3 is 5.97 Å². The van der Waals surface area contributed by atoms with E-state index in [1.54, 1.807) is 6.92 Å². The lowest BCUT2D eigenvalue weighted by atomic mass is 9.84. The van der Waals surface area contributed by atoms with Gasteiger partial charge in [0.05, 0.1) is 6.61 Å². The average Bonchev–Trinajstić information content (AvgIpc) is 2.80. The summed E-state index contributed by atoms with van der Waals surface area (Å²) in [6.45, 7) is 3.48. The first-order valence-corrected chi connectivity index (χ1v) is 10.9. The van der Waals surface area contributed by atoms with Crippen LogP contribution in [0.25, 0.3) is 11.1 Å². The molecule has 2 aromatic carbocycles. The summed E-state index contributed by atoms with van der Waals surface area (Å²) in [6.07, 6.45) is 3.32. The number of likely N-dealkylation sites (tertiary alicyclic amines) is 1. The third kappa shape index (κ3) is 4.43. The lowest BCUT2D eigenvalue weighted by Crippen LogP contribution is -2.37. The fourth-order valence-electron chi connectivity index (χ4n) is 4.34. The van der Waals surface area contributed by atoms with Crippen molar-refractivity contribution in [2.75, 3.05) is 19.7 Å². The fourth-order valence-corrected chi connectivity index (χ4v) is 4.34. The van der Waals surface area contributed by atoms with E-state index >= 15 is 0 Å². The lowest BCUT2D eigenvalue weighted by molar-refractivity contribution is -0.139. The van der Waals surface area contributed by atoms with E-state index in [1.165, 1.54) is 0 Å². The largest absolute Gasteiger partial charge is 0.462 e. The molecule has 2 aromatic rings. The highest BCUT2D eigenvalue weighted by Gasteiger charge is 2.37.